The first kappa shape index (κ1) is 10.9. The zero-order chi connectivity index (χ0) is 11.4. The van der Waals surface area contributed by atoms with Crippen molar-refractivity contribution in [3.05, 3.63) is 66.6 Å². The molecule has 0 aliphatic carbocycles. The Kier molecular flexibility index (Phi) is 3.40. The first-order valence-electron chi connectivity index (χ1n) is 5.75. The Balaban J connectivity index is 2.35. The highest BCUT2D eigenvalue weighted by atomic mass is 14.1. The summed E-state index contributed by atoms with van der Waals surface area (Å²) in [4.78, 5) is 0. The van der Waals surface area contributed by atoms with Crippen molar-refractivity contribution in [2.24, 2.45) is 0 Å². The Labute approximate surface area is 97.9 Å². The summed E-state index contributed by atoms with van der Waals surface area (Å²) >= 11 is 0. The van der Waals surface area contributed by atoms with Crippen molar-refractivity contribution >= 4 is 0 Å². The summed E-state index contributed by atoms with van der Waals surface area (Å²) < 4.78 is 0. The van der Waals surface area contributed by atoms with Crippen molar-refractivity contribution in [3.8, 4) is 11.1 Å². The molecule has 0 bridgehead atoms. The average molecular weight is 209 g/mol. The SMILES string of the molecule is [CH2]CCc1ccc(-c2ccccc2)cc1C. The Morgan fingerprint density at radius 2 is 1.69 bits per heavy atom. The number of aryl methyl sites for hydroxylation is 2. The molecule has 0 saturated heterocycles. The molecule has 2 rings (SSSR count). The van der Waals surface area contributed by atoms with Crippen LogP contribution in [0.25, 0.3) is 11.1 Å². The smallest absolute Gasteiger partial charge is 0.0181 e. The van der Waals surface area contributed by atoms with Crippen LogP contribution in [0.3, 0.4) is 0 Å². The van der Waals surface area contributed by atoms with Crippen molar-refractivity contribution in [3.63, 3.8) is 0 Å². The maximum Gasteiger partial charge on any atom is -0.0181 e. The van der Waals surface area contributed by atoms with Crippen molar-refractivity contribution in [1.82, 2.24) is 0 Å². The van der Waals surface area contributed by atoms with Gasteiger partial charge in [-0.2, -0.15) is 0 Å². The lowest BCUT2D eigenvalue weighted by Crippen LogP contribution is -1.89. The van der Waals surface area contributed by atoms with Crippen LogP contribution in [0, 0.1) is 13.8 Å². The van der Waals surface area contributed by atoms with Crippen LogP contribution in [0.15, 0.2) is 48.5 Å². The van der Waals surface area contributed by atoms with E-state index in [2.05, 4.69) is 56.3 Å². The molecule has 2 aromatic carbocycles. The lowest BCUT2D eigenvalue weighted by molar-refractivity contribution is 0.985. The maximum atomic E-state index is 3.90. The second kappa shape index (κ2) is 4.98. The van der Waals surface area contributed by atoms with Crippen LogP contribution in [0.5, 0.6) is 0 Å². The van der Waals surface area contributed by atoms with Gasteiger partial charge in [0.15, 0.2) is 0 Å². The van der Waals surface area contributed by atoms with Crippen molar-refractivity contribution in [2.75, 3.05) is 0 Å². The minimum absolute atomic E-state index is 0.964. The maximum absolute atomic E-state index is 3.90. The minimum Gasteiger partial charge on any atom is -0.0622 e. The summed E-state index contributed by atoms with van der Waals surface area (Å²) in [5, 5.41) is 0. The van der Waals surface area contributed by atoms with Crippen molar-refractivity contribution in [2.45, 2.75) is 19.8 Å². The molecule has 0 spiro atoms. The molecule has 0 N–H and O–H groups in total. The fraction of sp³-hybridized carbons (Fsp3) is 0.188. The van der Waals surface area contributed by atoms with Crippen LogP contribution in [0.4, 0.5) is 0 Å². The number of benzene rings is 2. The van der Waals surface area contributed by atoms with Crippen molar-refractivity contribution < 1.29 is 0 Å². The molecule has 0 fully saturated rings. The first-order chi connectivity index (χ1) is 7.81. The molecule has 1 radical (unpaired) electrons. The van der Waals surface area contributed by atoms with Gasteiger partial charge in [0.1, 0.15) is 0 Å². The van der Waals surface area contributed by atoms with Crippen molar-refractivity contribution in [1.29, 1.82) is 0 Å². The highest BCUT2D eigenvalue weighted by molar-refractivity contribution is 5.64. The van der Waals surface area contributed by atoms with E-state index in [-0.39, 0.29) is 0 Å². The van der Waals surface area contributed by atoms with E-state index in [0.717, 1.165) is 12.8 Å². The van der Waals surface area contributed by atoms with Crippen LogP contribution < -0.4 is 0 Å². The molecule has 0 aromatic heterocycles. The van der Waals surface area contributed by atoms with Gasteiger partial charge in [-0.25, -0.2) is 0 Å². The lowest BCUT2D eigenvalue weighted by Gasteiger charge is -2.07. The fourth-order valence-electron chi connectivity index (χ4n) is 1.98. The molecular formula is C16H17. The summed E-state index contributed by atoms with van der Waals surface area (Å²) in [5.74, 6) is 0. The van der Waals surface area contributed by atoms with Gasteiger partial charge in [-0.1, -0.05) is 55.5 Å². The normalized spacial score (nSPS) is 10.4. The molecule has 0 aliphatic rings. The molecular weight excluding hydrogens is 192 g/mol. The summed E-state index contributed by atoms with van der Waals surface area (Å²) in [6.07, 6.45) is 2.03. The Bertz CT molecular complexity index is 455. The molecule has 0 saturated carbocycles. The van der Waals surface area contributed by atoms with Gasteiger partial charge < -0.3 is 0 Å². The molecule has 0 aliphatic heterocycles. The first-order valence-corrected chi connectivity index (χ1v) is 5.75. The van der Waals surface area contributed by atoms with Crippen LogP contribution >= 0.6 is 0 Å². The van der Waals surface area contributed by atoms with Crippen LogP contribution in [0.1, 0.15) is 17.5 Å². The number of hydrogen-bond donors (Lipinski definition) is 0. The van der Waals surface area contributed by atoms with E-state index < -0.39 is 0 Å². The fourth-order valence-corrected chi connectivity index (χ4v) is 1.98. The topological polar surface area (TPSA) is 0 Å². The summed E-state index contributed by atoms with van der Waals surface area (Å²) in [5.41, 5.74) is 5.36. The molecule has 81 valence electrons. The predicted octanol–water partition coefficient (Wildman–Crippen LogP) is 4.43. The van der Waals surface area contributed by atoms with E-state index in [9.17, 15) is 0 Å². The van der Waals surface area contributed by atoms with Crippen LogP contribution in [0.2, 0.25) is 0 Å². The lowest BCUT2D eigenvalue weighted by atomic mass is 9.98. The minimum atomic E-state index is 0.964. The number of rotatable bonds is 3. The van der Waals surface area contributed by atoms with E-state index in [4.69, 9.17) is 0 Å². The van der Waals surface area contributed by atoms with E-state index in [0.29, 0.717) is 0 Å². The molecule has 0 unspecified atom stereocenters. The van der Waals surface area contributed by atoms with E-state index >= 15 is 0 Å². The van der Waals surface area contributed by atoms with Crippen LogP contribution in [-0.4, -0.2) is 0 Å². The third-order valence-corrected chi connectivity index (χ3v) is 2.90. The van der Waals surface area contributed by atoms with Crippen LogP contribution in [-0.2, 0) is 6.42 Å². The summed E-state index contributed by atoms with van der Waals surface area (Å²) in [7, 11) is 0. The van der Waals surface area contributed by atoms with Gasteiger partial charge >= 0.3 is 0 Å². The quantitative estimate of drug-likeness (QED) is 0.701. The van der Waals surface area contributed by atoms with Gasteiger partial charge in [-0.15, -0.1) is 0 Å². The molecule has 16 heavy (non-hydrogen) atoms. The molecule has 0 atom stereocenters. The van der Waals surface area contributed by atoms with Gasteiger partial charge in [0.25, 0.3) is 0 Å². The molecule has 0 heteroatoms. The van der Waals surface area contributed by atoms with Gasteiger partial charge in [0.2, 0.25) is 0 Å². The largest absolute Gasteiger partial charge is 0.0622 e. The van der Waals surface area contributed by atoms with E-state index in [1.165, 1.54) is 22.3 Å². The second-order valence-corrected chi connectivity index (χ2v) is 4.11. The monoisotopic (exact) mass is 209 g/mol. The van der Waals surface area contributed by atoms with Gasteiger partial charge in [0, 0.05) is 0 Å². The Morgan fingerprint density at radius 1 is 0.938 bits per heavy atom. The van der Waals surface area contributed by atoms with E-state index in [1.54, 1.807) is 0 Å². The Morgan fingerprint density at radius 3 is 2.31 bits per heavy atom. The molecule has 0 nitrogen and oxygen atoms in total. The highest BCUT2D eigenvalue weighted by Crippen LogP contribution is 2.22. The zero-order valence-electron chi connectivity index (χ0n) is 9.74. The summed E-state index contributed by atoms with van der Waals surface area (Å²) in [6.45, 7) is 6.08. The Hall–Kier alpha value is -1.56. The third kappa shape index (κ3) is 2.33. The zero-order valence-corrected chi connectivity index (χ0v) is 9.74. The van der Waals surface area contributed by atoms with Gasteiger partial charge in [-0.3, -0.25) is 0 Å². The highest BCUT2D eigenvalue weighted by Gasteiger charge is 2.00. The average Bonchev–Trinajstić information content (AvgIpc) is 2.33. The van der Waals surface area contributed by atoms with E-state index in [1.807, 2.05) is 6.07 Å². The molecule has 0 amide bonds. The third-order valence-electron chi connectivity index (χ3n) is 2.90. The van der Waals surface area contributed by atoms with Gasteiger partial charge in [0.05, 0.1) is 0 Å². The standard InChI is InChI=1S/C16H17/c1-3-7-14-10-11-16(12-13(14)2)15-8-5-4-6-9-15/h4-6,8-12H,1,3,7H2,2H3. The second-order valence-electron chi connectivity index (χ2n) is 4.11. The predicted molar refractivity (Wildman–Crippen MR) is 70.3 cm³/mol. The molecule has 0 heterocycles. The molecule has 2 aromatic rings. The summed E-state index contributed by atoms with van der Waals surface area (Å²) in [6, 6.07) is 17.2. The number of hydrogen-bond acceptors (Lipinski definition) is 0. The van der Waals surface area contributed by atoms with Gasteiger partial charge in [-0.05, 0) is 42.0 Å².